The predicted molar refractivity (Wildman–Crippen MR) is 57.3 cm³/mol. The number of allylic oxidation sites excluding steroid dienone is 2. The van der Waals surface area contributed by atoms with E-state index in [1.807, 2.05) is 0 Å². The zero-order chi connectivity index (χ0) is 9.78. The fourth-order valence-electron chi connectivity index (χ4n) is 0.755. The molecule has 0 unspecified atom stereocenters. The van der Waals surface area contributed by atoms with Crippen LogP contribution >= 0.6 is 0 Å². The minimum atomic E-state index is 0.645. The molecule has 0 aromatic rings. The molecule has 0 heterocycles. The van der Waals surface area contributed by atoms with Crippen LogP contribution in [0.4, 0.5) is 0 Å². The molecule has 0 saturated heterocycles. The Kier molecular flexibility index (Phi) is 12.3. The van der Waals surface area contributed by atoms with Crippen molar-refractivity contribution in [1.82, 2.24) is 0 Å². The average molecular weight is 251 g/mol. The van der Waals surface area contributed by atoms with Crippen molar-refractivity contribution in [1.29, 1.82) is 0 Å². The summed E-state index contributed by atoms with van der Waals surface area (Å²) in [5.74, 6) is 0. The van der Waals surface area contributed by atoms with Gasteiger partial charge in [-0.2, -0.15) is 0 Å². The molecular weight excluding hydrogens is 231 g/mol. The van der Waals surface area contributed by atoms with Crippen LogP contribution < -0.4 is 0 Å². The Hall–Kier alpha value is 0.179. The van der Waals surface area contributed by atoms with Gasteiger partial charge in [-0.3, -0.25) is 0 Å². The van der Waals surface area contributed by atoms with Gasteiger partial charge in [-0.05, 0) is 0 Å². The van der Waals surface area contributed by atoms with Crippen LogP contribution in [-0.4, -0.2) is 40.8 Å². The normalized spacial score (nSPS) is 11.2. The van der Waals surface area contributed by atoms with E-state index in [2.05, 4.69) is 19.1 Å². The monoisotopic (exact) mass is 252 g/mol. The predicted octanol–water partition coefficient (Wildman–Crippen LogP) is 2.09. The number of ether oxygens (including phenoxy) is 2. The second kappa shape index (κ2) is 12.2. The van der Waals surface area contributed by atoms with Gasteiger partial charge in [0.05, 0.1) is 0 Å². The summed E-state index contributed by atoms with van der Waals surface area (Å²) in [7, 11) is 1.70. The van der Waals surface area contributed by atoms with Crippen molar-refractivity contribution >= 4 is 15.0 Å². The van der Waals surface area contributed by atoms with Crippen LogP contribution in [0, 0.1) is 0 Å². The Morgan fingerprint density at radius 2 is 2.08 bits per heavy atom. The van der Waals surface area contributed by atoms with Gasteiger partial charge < -0.3 is 0 Å². The summed E-state index contributed by atoms with van der Waals surface area (Å²) in [5, 5.41) is 1.29. The first-order valence-corrected chi connectivity index (χ1v) is 7.13. The van der Waals surface area contributed by atoms with Gasteiger partial charge in [0.1, 0.15) is 0 Å². The number of methoxy groups -OCH3 is 1. The van der Waals surface area contributed by atoms with Crippen LogP contribution in [0.1, 0.15) is 19.8 Å². The fourth-order valence-corrected chi connectivity index (χ4v) is 2.13. The van der Waals surface area contributed by atoms with E-state index in [9.17, 15) is 0 Å². The van der Waals surface area contributed by atoms with Crippen LogP contribution in [0.3, 0.4) is 0 Å². The quantitative estimate of drug-likeness (QED) is 0.355. The van der Waals surface area contributed by atoms with Gasteiger partial charge in [0.25, 0.3) is 0 Å². The van der Waals surface area contributed by atoms with Gasteiger partial charge in [-0.25, -0.2) is 0 Å². The van der Waals surface area contributed by atoms with Gasteiger partial charge in [0.2, 0.25) is 0 Å². The Morgan fingerprint density at radius 3 is 2.77 bits per heavy atom. The first kappa shape index (κ1) is 13.2. The molecule has 0 spiro atoms. The van der Waals surface area contributed by atoms with Gasteiger partial charge >= 0.3 is 87.5 Å². The maximum atomic E-state index is 5.36. The average Bonchev–Trinajstić information content (AvgIpc) is 2.16. The molecule has 13 heavy (non-hydrogen) atoms. The molecule has 0 bridgehead atoms. The molecule has 78 valence electrons. The van der Waals surface area contributed by atoms with Crippen molar-refractivity contribution in [2.24, 2.45) is 0 Å². The molecule has 0 aliphatic rings. The minimum absolute atomic E-state index is 0.645. The molecule has 2 nitrogen and oxygen atoms in total. The van der Waals surface area contributed by atoms with Crippen LogP contribution in [0.25, 0.3) is 0 Å². The van der Waals surface area contributed by atoms with Crippen molar-refractivity contribution in [3.63, 3.8) is 0 Å². The van der Waals surface area contributed by atoms with Crippen molar-refractivity contribution in [2.75, 3.05) is 25.8 Å². The summed E-state index contributed by atoms with van der Waals surface area (Å²) in [6.07, 6.45) is 6.84. The van der Waals surface area contributed by atoms with Gasteiger partial charge in [0.15, 0.2) is 0 Å². The second-order valence-electron chi connectivity index (χ2n) is 2.60. The molecule has 0 atom stereocenters. The van der Waals surface area contributed by atoms with Crippen molar-refractivity contribution in [2.45, 2.75) is 25.1 Å². The third-order valence-electron chi connectivity index (χ3n) is 1.43. The Bertz CT molecular complexity index is 115. The molecule has 0 aliphatic carbocycles. The Balaban J connectivity index is 2.87. The second-order valence-corrected chi connectivity index (χ2v) is 4.80. The van der Waals surface area contributed by atoms with Crippen LogP contribution in [0.15, 0.2) is 12.2 Å². The summed E-state index contributed by atoms with van der Waals surface area (Å²) in [5.41, 5.74) is 0.927. The molecule has 0 fully saturated rings. The molecule has 0 aromatic heterocycles. The van der Waals surface area contributed by atoms with Crippen LogP contribution in [0.5, 0.6) is 0 Å². The molecule has 0 aromatic carbocycles. The fraction of sp³-hybridized carbons (Fsp3) is 0.800. The zero-order valence-corrected chi connectivity index (χ0v) is 10.3. The summed E-state index contributed by atoms with van der Waals surface area (Å²) in [4.78, 5) is 0. The Labute approximate surface area is 87.8 Å². The van der Waals surface area contributed by atoms with Crippen molar-refractivity contribution < 1.29 is 9.47 Å². The van der Waals surface area contributed by atoms with Gasteiger partial charge in [-0.15, -0.1) is 0 Å². The molecule has 0 aliphatic heterocycles. The van der Waals surface area contributed by atoms with Crippen molar-refractivity contribution in [3.05, 3.63) is 12.2 Å². The number of hydrogen-bond acceptors (Lipinski definition) is 2. The summed E-state index contributed by atoms with van der Waals surface area (Å²) >= 11 is 0.645. The molecular formula is C10H20O2Se. The van der Waals surface area contributed by atoms with Crippen molar-refractivity contribution in [3.8, 4) is 0 Å². The van der Waals surface area contributed by atoms with E-state index in [-0.39, 0.29) is 0 Å². The molecule has 0 radical (unpaired) electrons. The third kappa shape index (κ3) is 12.2. The maximum absolute atomic E-state index is 5.36. The van der Waals surface area contributed by atoms with Gasteiger partial charge in [0, 0.05) is 0 Å². The Morgan fingerprint density at radius 1 is 1.23 bits per heavy atom. The van der Waals surface area contributed by atoms with Crippen LogP contribution in [0.2, 0.25) is 5.32 Å². The third-order valence-corrected chi connectivity index (χ3v) is 3.23. The molecule has 0 saturated carbocycles. The van der Waals surface area contributed by atoms with E-state index in [1.165, 1.54) is 11.7 Å². The van der Waals surface area contributed by atoms with E-state index >= 15 is 0 Å². The zero-order valence-electron chi connectivity index (χ0n) is 8.62. The van der Waals surface area contributed by atoms with Crippen LogP contribution in [-0.2, 0) is 9.47 Å². The summed E-state index contributed by atoms with van der Waals surface area (Å²) in [6, 6.07) is 0. The first-order chi connectivity index (χ1) is 6.41. The van der Waals surface area contributed by atoms with E-state index < -0.39 is 0 Å². The molecule has 0 amide bonds. The summed E-state index contributed by atoms with van der Waals surface area (Å²) in [6.45, 7) is 3.62. The number of hydrogen-bond donors (Lipinski definition) is 0. The van der Waals surface area contributed by atoms with Gasteiger partial charge in [-0.1, -0.05) is 0 Å². The summed E-state index contributed by atoms with van der Waals surface area (Å²) < 4.78 is 10.2. The standard InChI is InChI=1S/C10H20O2Se/c1-3-4-5-6-9-13-10-12-8-7-11-2/h4-5H,3,6-10H2,1-2H3/b5-4-. The first-order valence-electron chi connectivity index (χ1n) is 4.71. The topological polar surface area (TPSA) is 18.5 Å². The number of rotatable bonds is 9. The van der Waals surface area contributed by atoms with E-state index in [0.717, 1.165) is 18.5 Å². The van der Waals surface area contributed by atoms with E-state index in [0.29, 0.717) is 21.6 Å². The van der Waals surface area contributed by atoms with E-state index in [4.69, 9.17) is 9.47 Å². The molecule has 3 heteroatoms. The molecule has 0 N–H and O–H groups in total. The SMILES string of the molecule is CC/C=C\CC[Se]COCCOC. The molecule has 0 rings (SSSR count). The van der Waals surface area contributed by atoms with E-state index in [1.54, 1.807) is 7.11 Å².